The van der Waals surface area contributed by atoms with Crippen molar-refractivity contribution in [3.63, 3.8) is 0 Å². The molecule has 0 bridgehead atoms. The first kappa shape index (κ1) is 14.3. The van der Waals surface area contributed by atoms with Gasteiger partial charge in [-0.25, -0.2) is 4.39 Å². The lowest BCUT2D eigenvalue weighted by molar-refractivity contribution is 0.229. The van der Waals surface area contributed by atoms with Crippen LogP contribution in [-0.2, 0) is 0 Å². The first-order chi connectivity index (χ1) is 8.61. The van der Waals surface area contributed by atoms with Crippen LogP contribution in [0.3, 0.4) is 0 Å². The largest absolute Gasteiger partial charge is 0.313 e. The molecular weight excluding hydrogens is 340 g/mol. The third kappa shape index (κ3) is 3.23. The van der Waals surface area contributed by atoms with E-state index in [9.17, 15) is 4.39 Å². The molecule has 3 atom stereocenters. The van der Waals surface area contributed by atoms with E-state index in [0.717, 1.165) is 9.49 Å². The maximum absolute atomic E-state index is 13.2. The third-order valence-corrected chi connectivity index (χ3v) is 4.99. The third-order valence-electron chi connectivity index (χ3n) is 4.06. The average Bonchev–Trinajstić information content (AvgIpc) is 2.33. The van der Waals surface area contributed by atoms with Crippen LogP contribution in [0.2, 0.25) is 0 Å². The Morgan fingerprint density at radius 1 is 1.39 bits per heavy atom. The Kier molecular flexibility index (Phi) is 5.01. The standard InChI is InChI=1S/C15H21FIN/c1-10-4-3-5-11(8-10)15(18-2)13-7-6-12(16)9-14(13)17/h6-7,9-11,15,18H,3-5,8H2,1-2H3. The number of rotatable bonds is 3. The molecule has 18 heavy (non-hydrogen) atoms. The summed E-state index contributed by atoms with van der Waals surface area (Å²) in [6.45, 7) is 2.34. The Bertz CT molecular complexity index is 407. The van der Waals surface area contributed by atoms with Gasteiger partial charge in [0.25, 0.3) is 0 Å². The topological polar surface area (TPSA) is 12.0 Å². The van der Waals surface area contributed by atoms with Gasteiger partial charge in [-0.2, -0.15) is 0 Å². The van der Waals surface area contributed by atoms with Crippen molar-refractivity contribution in [2.24, 2.45) is 11.8 Å². The summed E-state index contributed by atoms with van der Waals surface area (Å²) in [4.78, 5) is 0. The Labute approximate surface area is 123 Å². The lowest BCUT2D eigenvalue weighted by atomic mass is 9.77. The van der Waals surface area contributed by atoms with Crippen molar-refractivity contribution in [1.82, 2.24) is 5.32 Å². The van der Waals surface area contributed by atoms with Gasteiger partial charge in [0.2, 0.25) is 0 Å². The molecule has 1 aliphatic carbocycles. The molecule has 0 aliphatic heterocycles. The lowest BCUT2D eigenvalue weighted by Crippen LogP contribution is -2.29. The Hall–Kier alpha value is -0.160. The summed E-state index contributed by atoms with van der Waals surface area (Å²) in [6.07, 6.45) is 5.23. The smallest absolute Gasteiger partial charge is 0.124 e. The zero-order valence-electron chi connectivity index (χ0n) is 11.0. The minimum absolute atomic E-state index is 0.144. The van der Waals surface area contributed by atoms with Crippen LogP contribution in [0.25, 0.3) is 0 Å². The second-order valence-electron chi connectivity index (χ2n) is 5.46. The predicted molar refractivity (Wildman–Crippen MR) is 82.0 cm³/mol. The molecule has 1 aromatic carbocycles. The van der Waals surface area contributed by atoms with Crippen LogP contribution >= 0.6 is 22.6 Å². The highest BCUT2D eigenvalue weighted by molar-refractivity contribution is 14.1. The van der Waals surface area contributed by atoms with Crippen molar-refractivity contribution >= 4 is 22.6 Å². The molecule has 1 saturated carbocycles. The van der Waals surface area contributed by atoms with E-state index in [2.05, 4.69) is 34.8 Å². The summed E-state index contributed by atoms with van der Waals surface area (Å²) < 4.78 is 14.2. The second-order valence-corrected chi connectivity index (χ2v) is 6.63. The summed E-state index contributed by atoms with van der Waals surface area (Å²) >= 11 is 2.25. The van der Waals surface area contributed by atoms with Crippen molar-refractivity contribution in [2.45, 2.75) is 38.6 Å². The van der Waals surface area contributed by atoms with Crippen molar-refractivity contribution in [3.05, 3.63) is 33.1 Å². The number of nitrogens with one attached hydrogen (secondary N) is 1. The van der Waals surface area contributed by atoms with Crippen LogP contribution in [0.15, 0.2) is 18.2 Å². The van der Waals surface area contributed by atoms with Crippen molar-refractivity contribution < 1.29 is 4.39 Å². The summed E-state index contributed by atoms with van der Waals surface area (Å²) in [6, 6.07) is 5.51. The molecule has 3 heteroatoms. The second kappa shape index (κ2) is 6.33. The number of halogens is 2. The van der Waals surface area contributed by atoms with E-state index in [1.54, 1.807) is 12.1 Å². The normalized spacial score (nSPS) is 26.0. The quantitative estimate of drug-likeness (QED) is 0.781. The SMILES string of the molecule is CNC(c1ccc(F)cc1I)C1CCCC(C)C1. The van der Waals surface area contributed by atoms with E-state index in [4.69, 9.17) is 0 Å². The van der Waals surface area contributed by atoms with E-state index in [1.807, 2.05) is 13.1 Å². The number of benzene rings is 1. The summed E-state index contributed by atoms with van der Waals surface area (Å²) in [5.41, 5.74) is 1.25. The highest BCUT2D eigenvalue weighted by Crippen LogP contribution is 2.38. The Balaban J connectivity index is 2.21. The van der Waals surface area contributed by atoms with Gasteiger partial charge in [0.05, 0.1) is 0 Å². The minimum atomic E-state index is -0.144. The molecule has 2 rings (SSSR count). The van der Waals surface area contributed by atoms with E-state index in [1.165, 1.54) is 31.2 Å². The van der Waals surface area contributed by atoms with Gasteiger partial charge in [-0.05, 0) is 72.0 Å². The van der Waals surface area contributed by atoms with Crippen LogP contribution < -0.4 is 5.32 Å². The van der Waals surface area contributed by atoms with Crippen LogP contribution in [0.1, 0.15) is 44.2 Å². The average molecular weight is 361 g/mol. The minimum Gasteiger partial charge on any atom is -0.313 e. The van der Waals surface area contributed by atoms with Gasteiger partial charge in [0.1, 0.15) is 5.82 Å². The van der Waals surface area contributed by atoms with Gasteiger partial charge in [-0.15, -0.1) is 0 Å². The molecule has 0 heterocycles. The summed E-state index contributed by atoms with van der Waals surface area (Å²) in [7, 11) is 2.02. The molecule has 0 amide bonds. The maximum atomic E-state index is 13.2. The first-order valence-corrected chi connectivity index (χ1v) is 7.82. The Morgan fingerprint density at radius 2 is 2.17 bits per heavy atom. The molecule has 0 spiro atoms. The molecule has 3 unspecified atom stereocenters. The van der Waals surface area contributed by atoms with Gasteiger partial charge in [0.15, 0.2) is 0 Å². The molecule has 0 saturated heterocycles. The van der Waals surface area contributed by atoms with Gasteiger partial charge in [-0.3, -0.25) is 0 Å². The predicted octanol–water partition coefficient (Wildman–Crippen LogP) is 4.52. The highest BCUT2D eigenvalue weighted by Gasteiger charge is 2.27. The zero-order chi connectivity index (χ0) is 13.1. The van der Waals surface area contributed by atoms with Crippen LogP contribution in [0, 0.1) is 21.2 Å². The molecule has 1 fully saturated rings. The summed E-state index contributed by atoms with van der Waals surface area (Å²) in [5.74, 6) is 1.35. The molecule has 1 nitrogen and oxygen atoms in total. The number of hydrogen-bond donors (Lipinski definition) is 1. The first-order valence-electron chi connectivity index (χ1n) is 6.74. The molecule has 100 valence electrons. The van der Waals surface area contributed by atoms with E-state index >= 15 is 0 Å². The molecule has 0 aromatic heterocycles. The lowest BCUT2D eigenvalue weighted by Gasteiger charge is -2.34. The number of hydrogen-bond acceptors (Lipinski definition) is 1. The fourth-order valence-corrected chi connectivity index (χ4v) is 4.00. The maximum Gasteiger partial charge on any atom is 0.124 e. The van der Waals surface area contributed by atoms with Gasteiger partial charge in [-0.1, -0.05) is 25.8 Å². The van der Waals surface area contributed by atoms with Gasteiger partial charge in [0, 0.05) is 9.61 Å². The van der Waals surface area contributed by atoms with E-state index in [0.29, 0.717) is 12.0 Å². The van der Waals surface area contributed by atoms with Crippen molar-refractivity contribution in [2.75, 3.05) is 7.05 Å². The van der Waals surface area contributed by atoms with Crippen LogP contribution in [0.4, 0.5) is 4.39 Å². The van der Waals surface area contributed by atoms with Crippen molar-refractivity contribution in [3.8, 4) is 0 Å². The molecule has 0 radical (unpaired) electrons. The molecule has 1 N–H and O–H groups in total. The highest BCUT2D eigenvalue weighted by atomic mass is 127. The molecule has 1 aliphatic rings. The fourth-order valence-electron chi connectivity index (χ4n) is 3.18. The summed E-state index contributed by atoms with van der Waals surface area (Å²) in [5, 5.41) is 3.44. The van der Waals surface area contributed by atoms with E-state index in [-0.39, 0.29) is 5.82 Å². The van der Waals surface area contributed by atoms with Gasteiger partial charge < -0.3 is 5.32 Å². The van der Waals surface area contributed by atoms with Crippen molar-refractivity contribution in [1.29, 1.82) is 0 Å². The van der Waals surface area contributed by atoms with Gasteiger partial charge >= 0.3 is 0 Å². The van der Waals surface area contributed by atoms with E-state index < -0.39 is 0 Å². The Morgan fingerprint density at radius 3 is 2.78 bits per heavy atom. The van der Waals surface area contributed by atoms with Crippen LogP contribution in [0.5, 0.6) is 0 Å². The molecular formula is C15H21FIN. The monoisotopic (exact) mass is 361 g/mol. The zero-order valence-corrected chi connectivity index (χ0v) is 13.2. The van der Waals surface area contributed by atoms with Crippen LogP contribution in [-0.4, -0.2) is 7.05 Å². The fraction of sp³-hybridized carbons (Fsp3) is 0.600. The molecule has 1 aromatic rings.